The maximum atomic E-state index is 14.2. The van der Waals surface area contributed by atoms with Crippen LogP contribution in [0.25, 0.3) is 5.70 Å². The molecule has 2 aliphatic heterocycles. The Hall–Kier alpha value is -4.06. The number of hydrazone groups is 1. The molecule has 4 rings (SSSR count). The van der Waals surface area contributed by atoms with E-state index in [1.54, 1.807) is 0 Å². The Morgan fingerprint density at radius 2 is 1.57 bits per heavy atom. The van der Waals surface area contributed by atoms with Crippen LogP contribution in [0.15, 0.2) is 47.6 Å². The lowest BCUT2D eigenvalue weighted by Crippen LogP contribution is -2.43. The number of nitro groups is 1. The molecule has 37 heavy (non-hydrogen) atoms. The van der Waals surface area contributed by atoms with E-state index in [9.17, 15) is 49.6 Å². The molecule has 9 nitrogen and oxygen atoms in total. The summed E-state index contributed by atoms with van der Waals surface area (Å²) in [5, 5.41) is 16.2. The minimum absolute atomic E-state index is 0.100. The molecule has 0 saturated carbocycles. The fourth-order valence-corrected chi connectivity index (χ4v) is 3.52. The van der Waals surface area contributed by atoms with Crippen LogP contribution in [0, 0.1) is 10.1 Å². The molecule has 2 aromatic carbocycles. The van der Waals surface area contributed by atoms with Crippen LogP contribution in [0.2, 0.25) is 0 Å². The molecule has 1 unspecified atom stereocenters. The lowest BCUT2D eigenvalue weighted by molar-refractivity contribution is -0.384. The molecular weight excluding hydrogens is 531 g/mol. The van der Waals surface area contributed by atoms with E-state index in [0.29, 0.717) is 0 Å². The van der Waals surface area contributed by atoms with Gasteiger partial charge in [-0.3, -0.25) is 20.4 Å². The number of nitro benzene ring substituents is 1. The molecule has 0 saturated heterocycles. The van der Waals surface area contributed by atoms with E-state index in [0.717, 1.165) is 29.5 Å². The molecule has 198 valence electrons. The molecule has 3 N–H and O–H groups in total. The number of hydroxylamine groups is 1. The molecule has 1 atom stereocenters. The van der Waals surface area contributed by atoms with Gasteiger partial charge >= 0.3 is 18.5 Å². The summed E-state index contributed by atoms with van der Waals surface area (Å²) in [6, 6.07) is 2.50. The standard InChI is InChI=1S/C19H11F9N6O3/c20-17(21,22)11-4-10(5-12(6-11)18(23,24)25)16(19(26,27)28)7-13(30-37-16)9-1-2-14(15(3-9)34(35)36)33-8-29-31-32-33/h1-8,30-32H. The van der Waals surface area contributed by atoms with Crippen molar-refractivity contribution in [2.45, 2.75) is 24.1 Å². The second-order valence-corrected chi connectivity index (χ2v) is 7.59. The first-order valence-corrected chi connectivity index (χ1v) is 9.68. The highest BCUT2D eigenvalue weighted by atomic mass is 19.4. The molecule has 0 aromatic heterocycles. The fourth-order valence-electron chi connectivity index (χ4n) is 3.52. The number of nitrogens with one attached hydrogen (secondary N) is 3. The number of alkyl halides is 9. The van der Waals surface area contributed by atoms with Gasteiger partial charge in [0.1, 0.15) is 12.0 Å². The van der Waals surface area contributed by atoms with Crippen LogP contribution in [0.4, 0.5) is 50.9 Å². The maximum absolute atomic E-state index is 14.2. The predicted molar refractivity (Wildman–Crippen MR) is 107 cm³/mol. The summed E-state index contributed by atoms with van der Waals surface area (Å²) in [5.74, 6) is 0. The topological polar surface area (TPSA) is 104 Å². The van der Waals surface area contributed by atoms with Crippen LogP contribution >= 0.6 is 0 Å². The molecule has 0 spiro atoms. The first kappa shape index (κ1) is 26.0. The Bertz CT molecular complexity index is 1270. The zero-order valence-electron chi connectivity index (χ0n) is 17.6. The largest absolute Gasteiger partial charge is 0.428 e. The lowest BCUT2D eigenvalue weighted by atomic mass is 9.88. The van der Waals surface area contributed by atoms with E-state index in [2.05, 4.69) is 21.0 Å². The van der Waals surface area contributed by atoms with Gasteiger partial charge in [-0.1, -0.05) is 6.07 Å². The highest BCUT2D eigenvalue weighted by molar-refractivity contribution is 5.85. The molecule has 0 aliphatic carbocycles. The van der Waals surface area contributed by atoms with E-state index in [-0.39, 0.29) is 35.5 Å². The minimum Gasteiger partial charge on any atom is -0.265 e. The van der Waals surface area contributed by atoms with Crippen molar-refractivity contribution in [3.63, 3.8) is 0 Å². The van der Waals surface area contributed by atoms with Crippen molar-refractivity contribution in [2.75, 3.05) is 5.01 Å². The SMILES string of the molecule is O=[N+]([O-])c1cc(C2=CC(c3cc(C(F)(F)F)cc(C(F)(F)F)c3)(C(F)(F)F)ON2)ccc1N1C=NNN1. The van der Waals surface area contributed by atoms with Crippen molar-refractivity contribution in [1.82, 2.24) is 16.5 Å². The summed E-state index contributed by atoms with van der Waals surface area (Å²) in [5.41, 5.74) is -4.38. The average molecular weight is 542 g/mol. The number of hydrogen-bond donors (Lipinski definition) is 3. The third kappa shape index (κ3) is 4.71. The van der Waals surface area contributed by atoms with E-state index in [4.69, 9.17) is 0 Å². The van der Waals surface area contributed by atoms with Crippen LogP contribution in [-0.2, 0) is 22.8 Å². The van der Waals surface area contributed by atoms with Crippen LogP contribution in [0.3, 0.4) is 0 Å². The van der Waals surface area contributed by atoms with Crippen molar-refractivity contribution in [3.8, 4) is 0 Å². The van der Waals surface area contributed by atoms with Crippen LogP contribution in [-0.4, -0.2) is 17.4 Å². The van der Waals surface area contributed by atoms with E-state index >= 15 is 0 Å². The Balaban J connectivity index is 1.87. The van der Waals surface area contributed by atoms with Gasteiger partial charge in [0, 0.05) is 17.2 Å². The van der Waals surface area contributed by atoms with E-state index in [1.807, 2.05) is 5.48 Å². The monoisotopic (exact) mass is 542 g/mol. The molecule has 0 fully saturated rings. The maximum Gasteiger partial charge on any atom is 0.428 e. The normalized spacial score (nSPS) is 20.0. The van der Waals surface area contributed by atoms with Gasteiger partial charge in [-0.15, -0.1) is 5.53 Å². The van der Waals surface area contributed by atoms with Crippen LogP contribution in [0.1, 0.15) is 22.3 Å². The van der Waals surface area contributed by atoms with Gasteiger partial charge in [0.25, 0.3) is 5.69 Å². The number of halogens is 9. The van der Waals surface area contributed by atoms with E-state index in [1.165, 1.54) is 0 Å². The summed E-state index contributed by atoms with van der Waals surface area (Å²) in [7, 11) is 0. The molecular formula is C19H11F9N6O3. The van der Waals surface area contributed by atoms with Gasteiger partial charge in [0.15, 0.2) is 0 Å². The van der Waals surface area contributed by atoms with Gasteiger partial charge in [-0.25, -0.2) is 10.5 Å². The number of anilines is 1. The molecule has 0 amide bonds. The number of rotatable bonds is 4. The molecule has 0 bridgehead atoms. The molecule has 2 aromatic rings. The second-order valence-electron chi connectivity index (χ2n) is 7.59. The number of nitrogens with zero attached hydrogens (tertiary/aromatic N) is 3. The van der Waals surface area contributed by atoms with Gasteiger partial charge in [0.2, 0.25) is 5.60 Å². The number of benzene rings is 2. The molecule has 0 radical (unpaired) electrons. The van der Waals surface area contributed by atoms with Gasteiger partial charge in [0.05, 0.1) is 21.7 Å². The van der Waals surface area contributed by atoms with E-state index < -0.39 is 57.1 Å². The minimum atomic E-state index is -5.57. The highest BCUT2D eigenvalue weighted by Gasteiger charge is 2.60. The highest BCUT2D eigenvalue weighted by Crippen LogP contribution is 2.50. The quantitative estimate of drug-likeness (QED) is 0.292. The zero-order chi connectivity index (χ0) is 27.4. The predicted octanol–water partition coefficient (Wildman–Crippen LogP) is 4.74. The van der Waals surface area contributed by atoms with Crippen molar-refractivity contribution in [3.05, 3.63) is 74.8 Å². The van der Waals surface area contributed by atoms with Gasteiger partial charge in [-0.2, -0.15) is 44.6 Å². The second kappa shape index (κ2) is 8.51. The van der Waals surface area contributed by atoms with Crippen molar-refractivity contribution in [1.29, 1.82) is 0 Å². The Morgan fingerprint density at radius 1 is 0.946 bits per heavy atom. The summed E-state index contributed by atoms with van der Waals surface area (Å²) >= 11 is 0. The van der Waals surface area contributed by atoms with Crippen LogP contribution in [0.5, 0.6) is 0 Å². The third-order valence-electron chi connectivity index (χ3n) is 5.26. The van der Waals surface area contributed by atoms with Crippen molar-refractivity contribution in [2.24, 2.45) is 5.10 Å². The summed E-state index contributed by atoms with van der Waals surface area (Å²) < 4.78 is 122. The first-order valence-electron chi connectivity index (χ1n) is 9.68. The summed E-state index contributed by atoms with van der Waals surface area (Å²) in [4.78, 5) is 15.3. The molecule has 2 aliphatic rings. The Labute approximate surface area is 199 Å². The molecule has 18 heteroatoms. The van der Waals surface area contributed by atoms with Gasteiger partial charge < -0.3 is 0 Å². The lowest BCUT2D eigenvalue weighted by Gasteiger charge is -2.29. The van der Waals surface area contributed by atoms with Gasteiger partial charge in [-0.05, 0) is 30.3 Å². The van der Waals surface area contributed by atoms with Crippen LogP contribution < -0.4 is 21.6 Å². The molecule has 2 heterocycles. The fraction of sp³-hybridized carbons (Fsp3) is 0.211. The summed E-state index contributed by atoms with van der Waals surface area (Å²) in [6.07, 6.45) is -15.1. The van der Waals surface area contributed by atoms with Crippen molar-refractivity contribution >= 4 is 23.4 Å². The average Bonchev–Trinajstić information content (AvgIpc) is 3.48. The first-order chi connectivity index (χ1) is 17.0. The Morgan fingerprint density at radius 3 is 2.05 bits per heavy atom. The third-order valence-corrected chi connectivity index (χ3v) is 5.26. The number of hydrazine groups is 2. The van der Waals surface area contributed by atoms with Crippen molar-refractivity contribution < 1.29 is 49.3 Å². The smallest absolute Gasteiger partial charge is 0.265 e. The zero-order valence-corrected chi connectivity index (χ0v) is 17.6. The number of hydrogen-bond acceptors (Lipinski definition) is 8. The summed E-state index contributed by atoms with van der Waals surface area (Å²) in [6.45, 7) is 0. The Kier molecular flexibility index (Phi) is 5.98.